The van der Waals surface area contributed by atoms with E-state index < -0.39 is 0 Å². The molecule has 2 aromatic rings. The maximum absolute atomic E-state index is 5.41. The lowest BCUT2D eigenvalue weighted by atomic mass is 10.0. The van der Waals surface area contributed by atoms with Gasteiger partial charge < -0.3 is 9.84 Å². The van der Waals surface area contributed by atoms with Crippen LogP contribution in [0.15, 0.2) is 29.0 Å². The molecule has 3 rings (SSSR count). The summed E-state index contributed by atoms with van der Waals surface area (Å²) in [6.07, 6.45) is 6.98. The minimum Gasteiger partial charge on any atom is -0.339 e. The zero-order valence-corrected chi connectivity index (χ0v) is 10.3. The number of rotatable bonds is 3. The highest BCUT2D eigenvalue weighted by Crippen LogP contribution is 2.34. The largest absolute Gasteiger partial charge is 0.339 e. The van der Waals surface area contributed by atoms with E-state index in [1.807, 2.05) is 19.2 Å². The van der Waals surface area contributed by atoms with Gasteiger partial charge in [0.2, 0.25) is 11.7 Å². The Morgan fingerprint density at radius 2 is 2.33 bits per heavy atom. The van der Waals surface area contributed by atoms with Gasteiger partial charge in [-0.15, -0.1) is 0 Å². The Morgan fingerprint density at radius 1 is 1.39 bits per heavy atom. The number of pyridine rings is 1. The van der Waals surface area contributed by atoms with E-state index >= 15 is 0 Å². The van der Waals surface area contributed by atoms with Gasteiger partial charge in [-0.05, 0) is 32.0 Å². The van der Waals surface area contributed by atoms with Gasteiger partial charge in [-0.3, -0.25) is 4.98 Å². The number of nitrogens with zero attached hydrogens (tertiary/aromatic N) is 3. The van der Waals surface area contributed by atoms with Crippen molar-refractivity contribution < 1.29 is 4.52 Å². The number of nitrogens with one attached hydrogen (secondary N) is 1. The summed E-state index contributed by atoms with van der Waals surface area (Å²) < 4.78 is 5.41. The first-order valence-electron chi connectivity index (χ1n) is 6.30. The standard InChI is InChI=1S/C13H16N4O/c1-14-11-6-2-5-10(11)13-16-12(17-18-13)9-4-3-7-15-8-9/h3-4,7-8,10-11,14H,2,5-6H2,1H3/t10-,11-/m1/s1. The van der Waals surface area contributed by atoms with Crippen LogP contribution in [0.1, 0.15) is 31.1 Å². The van der Waals surface area contributed by atoms with Crippen LogP contribution in [0.25, 0.3) is 11.4 Å². The van der Waals surface area contributed by atoms with Crippen LogP contribution in [0.3, 0.4) is 0 Å². The molecule has 94 valence electrons. The monoisotopic (exact) mass is 244 g/mol. The molecule has 18 heavy (non-hydrogen) atoms. The molecule has 0 aliphatic heterocycles. The smallest absolute Gasteiger partial charge is 0.231 e. The van der Waals surface area contributed by atoms with Gasteiger partial charge in [-0.1, -0.05) is 11.6 Å². The summed E-state index contributed by atoms with van der Waals surface area (Å²) in [4.78, 5) is 8.57. The van der Waals surface area contributed by atoms with E-state index in [4.69, 9.17) is 4.52 Å². The topological polar surface area (TPSA) is 63.8 Å². The summed E-state index contributed by atoms with van der Waals surface area (Å²) in [5, 5.41) is 7.37. The average Bonchev–Trinajstić information content (AvgIpc) is 3.08. The Kier molecular flexibility index (Phi) is 3.06. The van der Waals surface area contributed by atoms with Crippen molar-refractivity contribution in [2.45, 2.75) is 31.2 Å². The van der Waals surface area contributed by atoms with Crippen molar-refractivity contribution in [3.05, 3.63) is 30.4 Å². The molecular weight excluding hydrogens is 228 g/mol. The van der Waals surface area contributed by atoms with Gasteiger partial charge in [0.25, 0.3) is 0 Å². The lowest BCUT2D eigenvalue weighted by molar-refractivity contribution is 0.335. The van der Waals surface area contributed by atoms with E-state index in [0.29, 0.717) is 17.8 Å². The molecular formula is C13H16N4O. The quantitative estimate of drug-likeness (QED) is 0.894. The molecule has 1 aliphatic carbocycles. The number of hydrogen-bond acceptors (Lipinski definition) is 5. The van der Waals surface area contributed by atoms with Gasteiger partial charge >= 0.3 is 0 Å². The minimum absolute atomic E-state index is 0.341. The first-order chi connectivity index (χ1) is 8.88. The van der Waals surface area contributed by atoms with E-state index in [1.165, 1.54) is 12.8 Å². The molecule has 0 radical (unpaired) electrons. The Labute approximate surface area is 106 Å². The second-order valence-electron chi connectivity index (χ2n) is 4.63. The van der Waals surface area contributed by atoms with E-state index in [0.717, 1.165) is 17.9 Å². The Bertz CT molecular complexity index is 511. The van der Waals surface area contributed by atoms with Gasteiger partial charge in [0.15, 0.2) is 0 Å². The molecule has 5 heteroatoms. The number of likely N-dealkylation sites (N-methyl/N-ethyl adjacent to an activating group) is 1. The molecule has 0 unspecified atom stereocenters. The van der Waals surface area contributed by atoms with Gasteiger partial charge in [-0.2, -0.15) is 4.98 Å². The fourth-order valence-electron chi connectivity index (χ4n) is 2.60. The number of aromatic nitrogens is 3. The highest BCUT2D eigenvalue weighted by molar-refractivity contribution is 5.51. The van der Waals surface area contributed by atoms with Crippen molar-refractivity contribution in [3.63, 3.8) is 0 Å². The first kappa shape index (κ1) is 11.3. The van der Waals surface area contributed by atoms with Crippen LogP contribution in [-0.2, 0) is 0 Å². The van der Waals surface area contributed by atoms with Crippen molar-refractivity contribution in [2.75, 3.05) is 7.05 Å². The molecule has 5 nitrogen and oxygen atoms in total. The second-order valence-corrected chi connectivity index (χ2v) is 4.63. The van der Waals surface area contributed by atoms with Crippen LogP contribution in [0, 0.1) is 0 Å². The Morgan fingerprint density at radius 3 is 3.11 bits per heavy atom. The van der Waals surface area contributed by atoms with E-state index in [-0.39, 0.29) is 0 Å². The summed E-state index contributed by atoms with van der Waals surface area (Å²) in [7, 11) is 1.99. The molecule has 0 amide bonds. The molecule has 0 bridgehead atoms. The lowest BCUT2D eigenvalue weighted by Gasteiger charge is -2.14. The van der Waals surface area contributed by atoms with Gasteiger partial charge in [0.05, 0.1) is 5.92 Å². The SMILES string of the molecule is CN[C@@H]1CCC[C@H]1c1nc(-c2cccnc2)no1. The van der Waals surface area contributed by atoms with Crippen molar-refractivity contribution in [3.8, 4) is 11.4 Å². The fourth-order valence-corrected chi connectivity index (χ4v) is 2.60. The van der Waals surface area contributed by atoms with Crippen LogP contribution in [0.2, 0.25) is 0 Å². The average molecular weight is 244 g/mol. The molecule has 1 saturated carbocycles. The first-order valence-corrected chi connectivity index (χ1v) is 6.30. The van der Waals surface area contributed by atoms with Crippen LogP contribution < -0.4 is 5.32 Å². The molecule has 0 aromatic carbocycles. The molecule has 0 spiro atoms. The zero-order valence-electron chi connectivity index (χ0n) is 10.3. The molecule has 1 N–H and O–H groups in total. The maximum atomic E-state index is 5.41. The molecule has 1 aliphatic rings. The van der Waals surface area contributed by atoms with Crippen LogP contribution >= 0.6 is 0 Å². The predicted octanol–water partition coefficient (Wildman–Crippen LogP) is 1.99. The fraction of sp³-hybridized carbons (Fsp3) is 0.462. The van der Waals surface area contributed by atoms with Crippen LogP contribution in [0.5, 0.6) is 0 Å². The van der Waals surface area contributed by atoms with Gasteiger partial charge in [-0.25, -0.2) is 0 Å². The highest BCUT2D eigenvalue weighted by Gasteiger charge is 2.31. The van der Waals surface area contributed by atoms with E-state index in [2.05, 4.69) is 20.4 Å². The maximum Gasteiger partial charge on any atom is 0.231 e. The molecule has 0 saturated heterocycles. The summed E-state index contributed by atoms with van der Waals surface area (Å²) >= 11 is 0. The summed E-state index contributed by atoms with van der Waals surface area (Å²) in [6, 6.07) is 4.26. The molecule has 2 heterocycles. The van der Waals surface area contributed by atoms with Gasteiger partial charge in [0.1, 0.15) is 0 Å². The van der Waals surface area contributed by atoms with E-state index in [1.54, 1.807) is 12.4 Å². The van der Waals surface area contributed by atoms with Crippen molar-refractivity contribution in [1.82, 2.24) is 20.4 Å². The molecule has 2 atom stereocenters. The summed E-state index contributed by atoms with van der Waals surface area (Å²) in [5.41, 5.74) is 0.895. The minimum atomic E-state index is 0.341. The Balaban J connectivity index is 1.86. The number of hydrogen-bond donors (Lipinski definition) is 1. The third-order valence-electron chi connectivity index (χ3n) is 3.57. The lowest BCUT2D eigenvalue weighted by Crippen LogP contribution is -2.27. The highest BCUT2D eigenvalue weighted by atomic mass is 16.5. The predicted molar refractivity (Wildman–Crippen MR) is 67.0 cm³/mol. The van der Waals surface area contributed by atoms with E-state index in [9.17, 15) is 0 Å². The zero-order chi connectivity index (χ0) is 12.4. The van der Waals surface area contributed by atoms with Crippen molar-refractivity contribution >= 4 is 0 Å². The van der Waals surface area contributed by atoms with Gasteiger partial charge in [0, 0.05) is 24.0 Å². The van der Waals surface area contributed by atoms with Crippen LogP contribution in [-0.4, -0.2) is 28.2 Å². The Hall–Kier alpha value is -1.75. The molecule has 2 aromatic heterocycles. The molecule has 1 fully saturated rings. The summed E-state index contributed by atoms with van der Waals surface area (Å²) in [5.74, 6) is 1.71. The van der Waals surface area contributed by atoms with Crippen molar-refractivity contribution in [2.24, 2.45) is 0 Å². The third-order valence-corrected chi connectivity index (χ3v) is 3.57. The third kappa shape index (κ3) is 2.01. The normalized spacial score (nSPS) is 23.4. The van der Waals surface area contributed by atoms with Crippen LogP contribution in [0.4, 0.5) is 0 Å². The van der Waals surface area contributed by atoms with Crippen molar-refractivity contribution in [1.29, 1.82) is 0 Å². The second kappa shape index (κ2) is 4.86. The summed E-state index contributed by atoms with van der Waals surface area (Å²) in [6.45, 7) is 0.